The summed E-state index contributed by atoms with van der Waals surface area (Å²) in [6.07, 6.45) is -0.765. The van der Waals surface area contributed by atoms with Crippen molar-refractivity contribution in [1.82, 2.24) is 0 Å². The first kappa shape index (κ1) is 49.1. The van der Waals surface area contributed by atoms with Crippen LogP contribution in [0.25, 0.3) is 0 Å². The Morgan fingerprint density at radius 2 is 0.840 bits per heavy atom. The van der Waals surface area contributed by atoms with Crippen LogP contribution in [-0.4, -0.2) is 120 Å². The largest absolute Gasteiger partial charge is 0.480 e. The minimum atomic E-state index is -4.63. The zero-order valence-electron chi connectivity index (χ0n) is 28.2. The third-order valence-electron chi connectivity index (χ3n) is 5.26. The van der Waals surface area contributed by atoms with Crippen LogP contribution >= 0.6 is 15.6 Å². The molecule has 0 aromatic heterocycles. The average Bonchev–Trinajstić information content (AvgIpc) is 3.05. The van der Waals surface area contributed by atoms with E-state index in [-0.39, 0.29) is 38.9 Å². The van der Waals surface area contributed by atoms with E-state index in [0.717, 1.165) is 0 Å². The lowest BCUT2D eigenvalue weighted by Gasteiger charge is -2.20. The van der Waals surface area contributed by atoms with Crippen molar-refractivity contribution in [1.29, 1.82) is 0 Å². The summed E-state index contributed by atoms with van der Waals surface area (Å²) in [6.45, 7) is 3.22. The average molecular weight is 771 g/mol. The molecule has 292 valence electrons. The Morgan fingerprint density at radius 1 is 0.540 bits per heavy atom. The highest BCUT2D eigenvalue weighted by Crippen LogP contribution is 2.44. The molecule has 2 unspecified atom stereocenters. The predicted molar refractivity (Wildman–Crippen MR) is 167 cm³/mol. The van der Waals surface area contributed by atoms with Crippen molar-refractivity contribution in [3.8, 4) is 0 Å². The van der Waals surface area contributed by atoms with Gasteiger partial charge in [0, 0.05) is 25.7 Å². The Labute approximate surface area is 288 Å². The molecule has 0 aromatic carbocycles. The van der Waals surface area contributed by atoms with E-state index in [4.69, 9.17) is 40.6 Å². The second-order valence-corrected chi connectivity index (χ2v) is 12.7. The van der Waals surface area contributed by atoms with Gasteiger partial charge in [-0.2, -0.15) is 0 Å². The van der Waals surface area contributed by atoms with Gasteiger partial charge in [-0.15, -0.1) is 0 Å². The number of carboxylic acids is 2. The molecule has 24 heteroatoms. The lowest BCUT2D eigenvalue weighted by Crippen LogP contribution is -2.34. The number of carboxylic acid groups (broad SMARTS) is 2. The molecular weight excluding hydrogens is 722 g/mol. The minimum absolute atomic E-state index is 0.102. The Morgan fingerprint density at radius 3 is 1.10 bits per heavy atom. The van der Waals surface area contributed by atoms with Crippen molar-refractivity contribution in [3.63, 3.8) is 0 Å². The molecule has 0 bridgehead atoms. The molecule has 0 heterocycles. The van der Waals surface area contributed by atoms with Crippen LogP contribution in [0.15, 0.2) is 0 Å². The number of carbonyl (C=O) groups is 6. The highest BCUT2D eigenvalue weighted by Gasteiger charge is 2.29. The number of nitrogens with two attached hydrogens (primary N) is 2. The summed E-state index contributed by atoms with van der Waals surface area (Å²) in [6, 6.07) is -3.01. The van der Waals surface area contributed by atoms with Crippen LogP contribution in [0.1, 0.15) is 66.2 Å². The number of hydrogen-bond acceptors (Lipinski definition) is 18. The Hall–Kier alpha value is -3.04. The van der Waals surface area contributed by atoms with E-state index >= 15 is 0 Å². The van der Waals surface area contributed by atoms with E-state index in [9.17, 15) is 47.7 Å². The zero-order valence-corrected chi connectivity index (χ0v) is 30.0. The summed E-state index contributed by atoms with van der Waals surface area (Å²) in [7, 11) is -9.26. The van der Waals surface area contributed by atoms with Crippen LogP contribution < -0.4 is 11.5 Å². The first-order valence-electron chi connectivity index (χ1n) is 15.1. The highest BCUT2D eigenvalue weighted by molar-refractivity contribution is 7.47. The van der Waals surface area contributed by atoms with Crippen LogP contribution in [0.3, 0.4) is 0 Å². The molecule has 0 radical (unpaired) electrons. The fraction of sp³-hybridized carbons (Fsp3) is 0.769. The molecule has 0 aliphatic heterocycles. The van der Waals surface area contributed by atoms with E-state index in [0.29, 0.717) is 12.8 Å². The van der Waals surface area contributed by atoms with E-state index in [2.05, 4.69) is 18.1 Å². The lowest BCUT2D eigenvalue weighted by atomic mass is 10.3. The van der Waals surface area contributed by atoms with Crippen LogP contribution in [-0.2, 0) is 74.9 Å². The van der Waals surface area contributed by atoms with Gasteiger partial charge in [-0.25, -0.2) is 9.13 Å². The van der Waals surface area contributed by atoms with Gasteiger partial charge in [0.25, 0.3) is 0 Å². The monoisotopic (exact) mass is 770 g/mol. The number of rotatable bonds is 26. The second kappa shape index (κ2) is 26.7. The van der Waals surface area contributed by atoms with Crippen LogP contribution in [0.4, 0.5) is 0 Å². The summed E-state index contributed by atoms with van der Waals surface area (Å²) in [5, 5.41) is 17.1. The van der Waals surface area contributed by atoms with Crippen molar-refractivity contribution in [2.75, 3.05) is 39.6 Å². The number of carbonyl (C=O) groups excluding carboxylic acids is 4. The minimum Gasteiger partial charge on any atom is -0.480 e. The van der Waals surface area contributed by atoms with E-state index in [1.54, 1.807) is 27.7 Å². The summed E-state index contributed by atoms with van der Waals surface area (Å²) in [4.78, 5) is 85.4. The summed E-state index contributed by atoms with van der Waals surface area (Å²) >= 11 is 0. The molecule has 0 aromatic rings. The number of hydrogen-bond donors (Lipinski definition) is 6. The maximum Gasteiger partial charge on any atom is 0.472 e. The summed E-state index contributed by atoms with van der Waals surface area (Å²) in [5.41, 5.74) is 10.3. The maximum atomic E-state index is 11.7. The molecule has 0 spiro atoms. The number of phosphoric ester groups is 2. The Bertz CT molecular complexity index is 1080. The van der Waals surface area contributed by atoms with Gasteiger partial charge in [-0.05, 0) is 12.8 Å². The summed E-state index contributed by atoms with van der Waals surface area (Å²) in [5.74, 6) is -5.12. The quantitative estimate of drug-likeness (QED) is 0.0393. The van der Waals surface area contributed by atoms with Crippen LogP contribution in [0.5, 0.6) is 0 Å². The normalized spacial score (nSPS) is 15.7. The maximum absolute atomic E-state index is 11.7. The third kappa shape index (κ3) is 26.8. The Kier molecular flexibility index (Phi) is 26.2. The lowest BCUT2D eigenvalue weighted by molar-refractivity contribution is -0.161. The van der Waals surface area contributed by atoms with Crippen molar-refractivity contribution in [2.45, 2.75) is 90.5 Å². The number of aliphatic carboxylic acids is 2. The molecule has 22 nitrogen and oxygen atoms in total. The van der Waals surface area contributed by atoms with Gasteiger partial charge in [-0.3, -0.25) is 46.9 Å². The number of ether oxygens (including phenoxy) is 4. The SMILES string of the molecule is CCCC(=O)O[C@H](COC(=O)CC)COP(=O)(O)OC[C@H](N)C(=O)O.CCCC(=O)O[C@H](COC(=O)CC)COP(=O)(O)OC[C@H](N)C(=O)O. The first-order valence-corrected chi connectivity index (χ1v) is 18.1. The van der Waals surface area contributed by atoms with Crippen molar-refractivity contribution >= 4 is 51.5 Å². The van der Waals surface area contributed by atoms with Gasteiger partial charge in [0.2, 0.25) is 0 Å². The van der Waals surface area contributed by atoms with E-state index in [1.165, 1.54) is 0 Å². The van der Waals surface area contributed by atoms with Gasteiger partial charge in [-0.1, -0.05) is 27.7 Å². The molecule has 8 N–H and O–H groups in total. The van der Waals surface area contributed by atoms with E-state index in [1.807, 2.05) is 0 Å². The molecule has 0 saturated carbocycles. The fourth-order valence-electron chi connectivity index (χ4n) is 2.63. The van der Waals surface area contributed by atoms with Crippen molar-refractivity contribution in [2.24, 2.45) is 11.5 Å². The third-order valence-corrected chi connectivity index (χ3v) is 7.16. The zero-order chi connectivity index (χ0) is 38.9. The highest BCUT2D eigenvalue weighted by atomic mass is 31.2. The molecule has 0 saturated heterocycles. The van der Waals surface area contributed by atoms with E-state index < -0.39 is 102 Å². The molecule has 0 rings (SSSR count). The number of esters is 4. The van der Waals surface area contributed by atoms with Gasteiger partial charge >= 0.3 is 51.5 Å². The predicted octanol–water partition coefficient (Wildman–Crippen LogP) is 0.394. The van der Waals surface area contributed by atoms with Crippen LogP contribution in [0, 0.1) is 0 Å². The number of phosphoric acid groups is 2. The molecule has 50 heavy (non-hydrogen) atoms. The molecular formula is C26H48N2O20P2. The standard InChI is InChI=1S/2C13H24NO10P/c2*1-3-5-12(16)24-9(6-21-11(15)4-2)7-22-25(19,20)23-8-10(14)13(17)18/h2*9-10H,3-8,14H2,1-2H3,(H,17,18)(H,19,20)/t2*9-,10+/m11/s1. The van der Waals surface area contributed by atoms with Gasteiger partial charge in [0.15, 0.2) is 12.2 Å². The van der Waals surface area contributed by atoms with Gasteiger partial charge < -0.3 is 50.4 Å². The summed E-state index contributed by atoms with van der Waals surface area (Å²) < 4.78 is 61.1. The topological polar surface area (TPSA) is 343 Å². The second-order valence-electron chi connectivity index (χ2n) is 9.81. The first-order chi connectivity index (χ1) is 23.2. The fourth-order valence-corrected chi connectivity index (χ4v) is 4.18. The van der Waals surface area contributed by atoms with Gasteiger partial charge in [0.05, 0.1) is 26.4 Å². The van der Waals surface area contributed by atoms with Crippen molar-refractivity contribution < 1.29 is 94.9 Å². The Balaban J connectivity index is 0. The molecule has 0 aliphatic rings. The molecule has 6 atom stereocenters. The molecule has 0 fully saturated rings. The van der Waals surface area contributed by atoms with Crippen molar-refractivity contribution in [3.05, 3.63) is 0 Å². The molecule has 0 amide bonds. The smallest absolute Gasteiger partial charge is 0.472 e. The molecule has 0 aliphatic carbocycles. The van der Waals surface area contributed by atoms with Gasteiger partial charge in [0.1, 0.15) is 25.3 Å². The van der Waals surface area contributed by atoms with Crippen LogP contribution in [0.2, 0.25) is 0 Å².